The van der Waals surface area contributed by atoms with Crippen molar-refractivity contribution in [3.05, 3.63) is 72.5 Å². The van der Waals surface area contributed by atoms with E-state index in [-0.39, 0.29) is 6.42 Å². The van der Waals surface area contributed by atoms with Crippen LogP contribution in [0.3, 0.4) is 0 Å². The highest BCUT2D eigenvalue weighted by Gasteiger charge is 2.21. The minimum absolute atomic E-state index is 0.135. The number of furan rings is 1. The molecule has 0 aliphatic rings. The molecule has 0 saturated heterocycles. The fourth-order valence-electron chi connectivity index (χ4n) is 3.14. The van der Waals surface area contributed by atoms with Crippen LogP contribution in [0, 0.1) is 0 Å². The quantitative estimate of drug-likeness (QED) is 0.326. The average molecular weight is 438 g/mol. The molecule has 2 aromatic carbocycles. The summed E-state index contributed by atoms with van der Waals surface area (Å²) in [6.07, 6.45) is 3.72. The van der Waals surface area contributed by atoms with Gasteiger partial charge in [0.05, 0.1) is 12.9 Å². The smallest absolute Gasteiger partial charge is 0.303 e. The minimum Gasteiger partial charge on any atom is -0.491 e. The Hall–Kier alpha value is -3.78. The number of ether oxygens (including phenoxy) is 1. The number of para-hydroxylation sites is 2. The molecule has 0 radical (unpaired) electrons. The van der Waals surface area contributed by atoms with Gasteiger partial charge in [-0.2, -0.15) is 5.17 Å². The molecule has 1 amide bonds. The van der Waals surface area contributed by atoms with Crippen LogP contribution in [-0.2, 0) is 4.79 Å². The predicted octanol–water partition coefficient (Wildman–Crippen LogP) is 4.85. The molecule has 0 unspecified atom stereocenters. The zero-order valence-corrected chi connectivity index (χ0v) is 17.8. The first-order valence-electron chi connectivity index (χ1n) is 10.3. The Kier molecular flexibility index (Phi) is 7.88. The number of unbranched alkanes of at least 4 members (excludes halogenated alkanes) is 2. The van der Waals surface area contributed by atoms with Crippen LogP contribution < -0.4 is 9.91 Å². The molecule has 0 aliphatic carbocycles. The van der Waals surface area contributed by atoms with Crippen LogP contribution >= 0.6 is 0 Å². The predicted molar refractivity (Wildman–Crippen MR) is 119 cm³/mol. The van der Waals surface area contributed by atoms with Crippen LogP contribution in [0.5, 0.6) is 5.75 Å². The summed E-state index contributed by atoms with van der Waals surface area (Å²) in [5, 5.41) is 21.2. The second-order valence-electron chi connectivity index (χ2n) is 7.19. The van der Waals surface area contributed by atoms with E-state index in [4.69, 9.17) is 14.3 Å². The Morgan fingerprint density at radius 3 is 2.41 bits per heavy atom. The summed E-state index contributed by atoms with van der Waals surface area (Å²) in [5.41, 5.74) is 1.57. The van der Waals surface area contributed by atoms with Gasteiger partial charge in [-0.15, -0.1) is 0 Å². The van der Waals surface area contributed by atoms with Crippen molar-refractivity contribution >= 4 is 17.6 Å². The SMILES string of the molecule is CN(C(=O)c1ccc(-c2ccco2)cc1)N(O)c1ccccc1OCCCCCC(=O)O. The van der Waals surface area contributed by atoms with Gasteiger partial charge in [0, 0.05) is 24.6 Å². The lowest BCUT2D eigenvalue weighted by Crippen LogP contribution is -2.42. The summed E-state index contributed by atoms with van der Waals surface area (Å²) in [5.74, 6) is -0.0892. The summed E-state index contributed by atoms with van der Waals surface area (Å²) in [6, 6.07) is 17.4. The molecule has 3 aromatic rings. The fraction of sp³-hybridized carbons (Fsp3) is 0.250. The number of anilines is 1. The van der Waals surface area contributed by atoms with Gasteiger partial charge >= 0.3 is 5.97 Å². The van der Waals surface area contributed by atoms with E-state index in [1.54, 1.807) is 60.9 Å². The zero-order chi connectivity index (χ0) is 22.9. The van der Waals surface area contributed by atoms with E-state index >= 15 is 0 Å². The number of hydrogen-bond acceptors (Lipinski definition) is 6. The van der Waals surface area contributed by atoms with E-state index in [0.717, 1.165) is 22.2 Å². The molecular weight excluding hydrogens is 412 g/mol. The zero-order valence-electron chi connectivity index (χ0n) is 17.8. The molecule has 0 bridgehead atoms. The average Bonchev–Trinajstić information content (AvgIpc) is 3.35. The lowest BCUT2D eigenvalue weighted by Gasteiger charge is -2.28. The largest absolute Gasteiger partial charge is 0.491 e. The number of benzene rings is 2. The number of hydrazine groups is 1. The van der Waals surface area contributed by atoms with Crippen molar-refractivity contribution in [2.24, 2.45) is 0 Å². The van der Waals surface area contributed by atoms with Crippen LogP contribution in [0.15, 0.2) is 71.3 Å². The maximum atomic E-state index is 12.9. The van der Waals surface area contributed by atoms with Gasteiger partial charge in [-0.1, -0.05) is 24.3 Å². The molecule has 1 aromatic heterocycles. The number of amides is 1. The molecule has 1 heterocycles. The van der Waals surface area contributed by atoms with Crippen LogP contribution in [0.4, 0.5) is 5.69 Å². The lowest BCUT2D eigenvalue weighted by molar-refractivity contribution is -0.137. The maximum absolute atomic E-state index is 12.9. The van der Waals surface area contributed by atoms with E-state index in [1.807, 2.05) is 6.07 Å². The lowest BCUT2D eigenvalue weighted by atomic mass is 10.1. The van der Waals surface area contributed by atoms with Gasteiger partial charge in [0.25, 0.3) is 5.91 Å². The normalized spacial score (nSPS) is 10.6. The van der Waals surface area contributed by atoms with E-state index in [2.05, 4.69) is 0 Å². The second-order valence-corrected chi connectivity index (χ2v) is 7.19. The Morgan fingerprint density at radius 2 is 1.72 bits per heavy atom. The molecule has 0 spiro atoms. The summed E-state index contributed by atoms with van der Waals surface area (Å²) in [7, 11) is 1.46. The number of hydrogen-bond donors (Lipinski definition) is 2. The first kappa shape index (κ1) is 22.9. The number of aliphatic carboxylic acids is 1. The Labute approximate surface area is 186 Å². The monoisotopic (exact) mass is 438 g/mol. The third kappa shape index (κ3) is 5.89. The number of nitrogens with zero attached hydrogens (tertiary/aromatic N) is 2. The molecule has 0 aliphatic heterocycles. The van der Waals surface area contributed by atoms with Crippen molar-refractivity contribution in [2.45, 2.75) is 25.7 Å². The molecule has 3 rings (SSSR count). The van der Waals surface area contributed by atoms with Crippen LogP contribution in [0.2, 0.25) is 0 Å². The highest BCUT2D eigenvalue weighted by atomic mass is 16.6. The van der Waals surface area contributed by atoms with Crippen molar-refractivity contribution < 1.29 is 29.1 Å². The molecule has 8 nitrogen and oxygen atoms in total. The van der Waals surface area contributed by atoms with Crippen LogP contribution in [0.25, 0.3) is 11.3 Å². The third-order valence-corrected chi connectivity index (χ3v) is 4.89. The minimum atomic E-state index is -0.810. The van der Waals surface area contributed by atoms with Crippen molar-refractivity contribution in [3.8, 4) is 17.1 Å². The standard InChI is InChI=1S/C24H26N2O6/c1-25(24(29)19-14-12-18(13-15-19)21-10-7-17-31-21)26(30)20-8-4-5-9-22(20)32-16-6-2-3-11-23(27)28/h4-5,7-10,12-15,17,30H,2-3,6,11,16H2,1H3,(H,27,28). The Morgan fingerprint density at radius 1 is 0.969 bits per heavy atom. The molecule has 168 valence electrons. The third-order valence-electron chi connectivity index (χ3n) is 4.89. The summed E-state index contributed by atoms with van der Waals surface area (Å²) < 4.78 is 11.1. The topological polar surface area (TPSA) is 103 Å². The second kappa shape index (κ2) is 11.0. The highest BCUT2D eigenvalue weighted by molar-refractivity contribution is 5.95. The van der Waals surface area contributed by atoms with Gasteiger partial charge in [0.1, 0.15) is 17.2 Å². The molecule has 32 heavy (non-hydrogen) atoms. The maximum Gasteiger partial charge on any atom is 0.303 e. The van der Waals surface area contributed by atoms with E-state index in [1.165, 1.54) is 7.05 Å². The molecule has 0 saturated carbocycles. The first-order valence-corrected chi connectivity index (χ1v) is 10.3. The molecule has 2 N–H and O–H groups in total. The van der Waals surface area contributed by atoms with E-state index < -0.39 is 11.9 Å². The summed E-state index contributed by atoms with van der Waals surface area (Å²) in [4.78, 5) is 23.4. The summed E-state index contributed by atoms with van der Waals surface area (Å²) in [6.45, 7) is 0.371. The van der Waals surface area contributed by atoms with Gasteiger partial charge in [0.2, 0.25) is 0 Å². The van der Waals surface area contributed by atoms with Crippen LogP contribution in [-0.4, -0.2) is 40.9 Å². The van der Waals surface area contributed by atoms with Gasteiger partial charge in [-0.3, -0.25) is 14.8 Å². The number of carboxylic acid groups (broad SMARTS) is 1. The van der Waals surface area contributed by atoms with Gasteiger partial charge in [-0.05, 0) is 55.7 Å². The Balaban J connectivity index is 1.61. The van der Waals surface area contributed by atoms with E-state index in [0.29, 0.717) is 42.2 Å². The van der Waals surface area contributed by atoms with Crippen molar-refractivity contribution in [3.63, 3.8) is 0 Å². The molecule has 0 fully saturated rings. The van der Waals surface area contributed by atoms with Gasteiger partial charge in [0.15, 0.2) is 0 Å². The number of carboxylic acids is 1. The van der Waals surface area contributed by atoms with Crippen molar-refractivity contribution in [1.82, 2.24) is 5.01 Å². The van der Waals surface area contributed by atoms with Gasteiger partial charge < -0.3 is 14.3 Å². The van der Waals surface area contributed by atoms with E-state index in [9.17, 15) is 14.8 Å². The number of rotatable bonds is 11. The Bertz CT molecular complexity index is 1020. The van der Waals surface area contributed by atoms with Gasteiger partial charge in [-0.25, -0.2) is 5.01 Å². The molecule has 8 heteroatoms. The summed E-state index contributed by atoms with van der Waals surface area (Å²) >= 11 is 0. The number of carbonyl (C=O) groups is 2. The highest BCUT2D eigenvalue weighted by Crippen LogP contribution is 2.29. The molecule has 0 atom stereocenters. The van der Waals surface area contributed by atoms with Crippen LogP contribution in [0.1, 0.15) is 36.0 Å². The number of carbonyl (C=O) groups excluding carboxylic acids is 1. The fourth-order valence-corrected chi connectivity index (χ4v) is 3.14. The van der Waals surface area contributed by atoms with Crippen molar-refractivity contribution in [1.29, 1.82) is 0 Å². The molecular formula is C24H26N2O6. The first-order chi connectivity index (χ1) is 15.5. The van der Waals surface area contributed by atoms with Crippen molar-refractivity contribution in [2.75, 3.05) is 18.8 Å².